The van der Waals surface area contributed by atoms with Crippen molar-refractivity contribution in [1.29, 1.82) is 0 Å². The summed E-state index contributed by atoms with van der Waals surface area (Å²) in [5.74, 6) is 0.486. The van der Waals surface area contributed by atoms with Crippen LogP contribution in [0.5, 0.6) is 0 Å². The summed E-state index contributed by atoms with van der Waals surface area (Å²) in [5, 5.41) is 0. The normalized spacial score (nSPS) is 14.9. The molecule has 1 aromatic carbocycles. The van der Waals surface area contributed by atoms with Crippen molar-refractivity contribution >= 4 is 0 Å². The smallest absolute Gasteiger partial charge is 0.123 e. The van der Waals surface area contributed by atoms with Gasteiger partial charge in [0.05, 0.1) is 0 Å². The Kier molecular flexibility index (Phi) is 5.13. The fourth-order valence-corrected chi connectivity index (χ4v) is 2.42. The predicted molar refractivity (Wildman–Crippen MR) is 71.4 cm³/mol. The molecule has 0 spiro atoms. The van der Waals surface area contributed by atoms with E-state index in [-0.39, 0.29) is 11.4 Å². The summed E-state index contributed by atoms with van der Waals surface area (Å²) in [5.41, 5.74) is 7.07. The lowest BCUT2D eigenvalue weighted by atomic mass is 9.82. The summed E-state index contributed by atoms with van der Waals surface area (Å²) in [6, 6.07) is 6.75. The maximum atomic E-state index is 13.1. The van der Waals surface area contributed by atoms with Gasteiger partial charge < -0.3 is 5.73 Å². The molecule has 0 saturated heterocycles. The molecular weight excluding hydrogens is 213 g/mol. The number of hydrogen-bond acceptors (Lipinski definition) is 1. The zero-order chi connectivity index (χ0) is 12.9. The molecule has 0 bridgehead atoms. The van der Waals surface area contributed by atoms with Gasteiger partial charge in [0, 0.05) is 5.54 Å². The largest absolute Gasteiger partial charge is 0.325 e. The molecule has 0 aromatic heterocycles. The molecule has 1 rings (SSSR count). The molecule has 0 amide bonds. The Balaban J connectivity index is 2.65. The van der Waals surface area contributed by atoms with Crippen LogP contribution in [0, 0.1) is 11.7 Å². The summed E-state index contributed by atoms with van der Waals surface area (Å²) in [6.07, 6.45) is 4.05. The molecule has 1 nitrogen and oxygen atoms in total. The fraction of sp³-hybridized carbons (Fsp3) is 0.600. The first-order valence-electron chi connectivity index (χ1n) is 6.50. The minimum Gasteiger partial charge on any atom is -0.325 e. The van der Waals surface area contributed by atoms with Crippen LogP contribution in [0.1, 0.15) is 45.6 Å². The Hall–Kier alpha value is -0.890. The van der Waals surface area contributed by atoms with Crippen LogP contribution in [0.25, 0.3) is 0 Å². The molecule has 2 N–H and O–H groups in total. The second kappa shape index (κ2) is 6.15. The third-order valence-electron chi connectivity index (χ3n) is 3.41. The van der Waals surface area contributed by atoms with Crippen molar-refractivity contribution in [3.8, 4) is 0 Å². The van der Waals surface area contributed by atoms with Gasteiger partial charge in [-0.15, -0.1) is 0 Å². The molecule has 0 radical (unpaired) electrons. The van der Waals surface area contributed by atoms with Crippen molar-refractivity contribution in [3.63, 3.8) is 0 Å². The quantitative estimate of drug-likeness (QED) is 0.797. The van der Waals surface area contributed by atoms with Gasteiger partial charge in [-0.3, -0.25) is 0 Å². The SMILES string of the molecule is CCC(CC)CC(C)(N)Cc1cccc(F)c1. The Labute approximate surface area is 104 Å². The van der Waals surface area contributed by atoms with Gasteiger partial charge in [-0.2, -0.15) is 0 Å². The van der Waals surface area contributed by atoms with Gasteiger partial charge in [0.25, 0.3) is 0 Å². The van der Waals surface area contributed by atoms with Crippen molar-refractivity contribution in [2.45, 2.75) is 52.0 Å². The standard InChI is InChI=1S/C15H24FN/c1-4-12(5-2)10-15(3,17)11-13-7-6-8-14(16)9-13/h6-9,12H,4-5,10-11,17H2,1-3H3. The lowest BCUT2D eigenvalue weighted by Gasteiger charge is -2.29. The second-order valence-electron chi connectivity index (χ2n) is 5.35. The van der Waals surface area contributed by atoms with E-state index in [1.54, 1.807) is 12.1 Å². The lowest BCUT2D eigenvalue weighted by Crippen LogP contribution is -2.40. The van der Waals surface area contributed by atoms with Crippen LogP contribution in [0.15, 0.2) is 24.3 Å². The van der Waals surface area contributed by atoms with Crippen molar-refractivity contribution in [2.24, 2.45) is 11.7 Å². The van der Waals surface area contributed by atoms with Crippen LogP contribution in [-0.4, -0.2) is 5.54 Å². The molecule has 0 aliphatic carbocycles. The summed E-state index contributed by atoms with van der Waals surface area (Å²) < 4.78 is 13.1. The molecule has 0 aliphatic heterocycles. The minimum atomic E-state index is -0.246. The fourth-order valence-electron chi connectivity index (χ4n) is 2.42. The molecule has 17 heavy (non-hydrogen) atoms. The molecule has 2 heteroatoms. The Morgan fingerprint density at radius 3 is 2.47 bits per heavy atom. The average Bonchev–Trinajstić information content (AvgIpc) is 2.25. The highest BCUT2D eigenvalue weighted by molar-refractivity contribution is 5.18. The van der Waals surface area contributed by atoms with E-state index in [2.05, 4.69) is 20.8 Å². The maximum absolute atomic E-state index is 13.1. The lowest BCUT2D eigenvalue weighted by molar-refractivity contribution is 0.321. The zero-order valence-corrected chi connectivity index (χ0v) is 11.2. The van der Waals surface area contributed by atoms with Crippen LogP contribution in [-0.2, 0) is 6.42 Å². The van der Waals surface area contributed by atoms with Crippen molar-refractivity contribution in [3.05, 3.63) is 35.6 Å². The summed E-state index contributed by atoms with van der Waals surface area (Å²) in [7, 11) is 0. The average molecular weight is 237 g/mol. The maximum Gasteiger partial charge on any atom is 0.123 e. The highest BCUT2D eigenvalue weighted by Gasteiger charge is 2.22. The summed E-state index contributed by atoms with van der Waals surface area (Å²) >= 11 is 0. The number of hydrogen-bond donors (Lipinski definition) is 1. The van der Waals surface area contributed by atoms with E-state index in [9.17, 15) is 4.39 Å². The number of benzene rings is 1. The molecule has 96 valence electrons. The molecule has 0 saturated carbocycles. The molecule has 0 fully saturated rings. The Morgan fingerprint density at radius 2 is 1.94 bits per heavy atom. The molecular formula is C15H24FN. The van der Waals surface area contributed by atoms with Crippen LogP contribution >= 0.6 is 0 Å². The van der Waals surface area contributed by atoms with E-state index in [0.717, 1.165) is 31.2 Å². The summed E-state index contributed by atoms with van der Waals surface area (Å²) in [6.45, 7) is 6.47. The third kappa shape index (κ3) is 4.86. The first kappa shape index (κ1) is 14.2. The van der Waals surface area contributed by atoms with Gasteiger partial charge in [-0.1, -0.05) is 38.8 Å². The van der Waals surface area contributed by atoms with Crippen LogP contribution in [0.3, 0.4) is 0 Å². The monoisotopic (exact) mass is 237 g/mol. The number of nitrogens with two attached hydrogens (primary N) is 1. The van der Waals surface area contributed by atoms with Gasteiger partial charge >= 0.3 is 0 Å². The van der Waals surface area contributed by atoms with E-state index in [4.69, 9.17) is 5.73 Å². The van der Waals surface area contributed by atoms with Gasteiger partial charge in [0.15, 0.2) is 0 Å². The topological polar surface area (TPSA) is 26.0 Å². The molecule has 1 atom stereocenters. The van der Waals surface area contributed by atoms with E-state index in [1.165, 1.54) is 6.07 Å². The van der Waals surface area contributed by atoms with E-state index < -0.39 is 0 Å². The van der Waals surface area contributed by atoms with Crippen molar-refractivity contribution in [2.75, 3.05) is 0 Å². The summed E-state index contributed by atoms with van der Waals surface area (Å²) in [4.78, 5) is 0. The molecule has 0 heterocycles. The Bertz CT molecular complexity index is 343. The zero-order valence-electron chi connectivity index (χ0n) is 11.2. The van der Waals surface area contributed by atoms with Crippen LogP contribution in [0.4, 0.5) is 4.39 Å². The molecule has 1 aromatic rings. The van der Waals surface area contributed by atoms with Gasteiger partial charge in [0.2, 0.25) is 0 Å². The molecule has 1 unspecified atom stereocenters. The van der Waals surface area contributed by atoms with E-state index in [0.29, 0.717) is 5.92 Å². The van der Waals surface area contributed by atoms with Crippen molar-refractivity contribution in [1.82, 2.24) is 0 Å². The van der Waals surface area contributed by atoms with Gasteiger partial charge in [-0.25, -0.2) is 4.39 Å². The van der Waals surface area contributed by atoms with E-state index in [1.807, 2.05) is 6.07 Å². The highest BCUT2D eigenvalue weighted by atomic mass is 19.1. The predicted octanol–water partition coefficient (Wildman–Crippen LogP) is 3.91. The van der Waals surface area contributed by atoms with Gasteiger partial charge in [-0.05, 0) is 43.4 Å². The number of halogens is 1. The molecule has 0 aliphatic rings. The number of rotatable bonds is 6. The second-order valence-corrected chi connectivity index (χ2v) is 5.35. The third-order valence-corrected chi connectivity index (χ3v) is 3.41. The van der Waals surface area contributed by atoms with Crippen molar-refractivity contribution < 1.29 is 4.39 Å². The highest BCUT2D eigenvalue weighted by Crippen LogP contribution is 2.23. The van der Waals surface area contributed by atoms with E-state index >= 15 is 0 Å². The van der Waals surface area contributed by atoms with Crippen LogP contribution in [0.2, 0.25) is 0 Å². The first-order chi connectivity index (χ1) is 7.96. The minimum absolute atomic E-state index is 0.180. The van der Waals surface area contributed by atoms with Crippen LogP contribution < -0.4 is 5.73 Å². The van der Waals surface area contributed by atoms with Gasteiger partial charge in [0.1, 0.15) is 5.82 Å². The first-order valence-corrected chi connectivity index (χ1v) is 6.50. The Morgan fingerprint density at radius 1 is 1.29 bits per heavy atom.